The standard InChI is InChI=1S/C20H25NO3/c1-23-20(22)12-17(13-2-3-13)15-4-5-16-11-18(24-19(16)10-15)14-6-8-21-9-7-14/h4-5,10-11,13-14,17,21H,2-3,6-9,12H2,1H3/t17-/m0/s1. The molecule has 1 atom stereocenters. The van der Waals surface area contributed by atoms with Crippen molar-refractivity contribution in [2.45, 2.75) is 43.9 Å². The van der Waals surface area contributed by atoms with Gasteiger partial charge in [0.05, 0.1) is 13.5 Å². The van der Waals surface area contributed by atoms with Crippen LogP contribution >= 0.6 is 0 Å². The third kappa shape index (κ3) is 3.20. The number of benzene rings is 1. The maximum absolute atomic E-state index is 11.8. The van der Waals surface area contributed by atoms with Crippen LogP contribution in [0.1, 0.15) is 55.3 Å². The molecular weight excluding hydrogens is 302 g/mol. The second-order valence-electron chi connectivity index (χ2n) is 7.19. The van der Waals surface area contributed by atoms with Crippen molar-refractivity contribution in [1.29, 1.82) is 0 Å². The lowest BCUT2D eigenvalue weighted by atomic mass is 9.90. The van der Waals surface area contributed by atoms with Gasteiger partial charge in [-0.05, 0) is 68.3 Å². The molecule has 0 radical (unpaired) electrons. The Morgan fingerprint density at radius 3 is 2.75 bits per heavy atom. The van der Waals surface area contributed by atoms with Gasteiger partial charge in [0.25, 0.3) is 0 Å². The number of hydrogen-bond donors (Lipinski definition) is 1. The Labute approximate surface area is 142 Å². The van der Waals surface area contributed by atoms with Crippen molar-refractivity contribution in [3.8, 4) is 0 Å². The van der Waals surface area contributed by atoms with E-state index in [9.17, 15) is 4.79 Å². The summed E-state index contributed by atoms with van der Waals surface area (Å²) in [5, 5.41) is 4.57. The smallest absolute Gasteiger partial charge is 0.306 e. The van der Waals surface area contributed by atoms with Crippen LogP contribution in [0.5, 0.6) is 0 Å². The molecule has 2 aromatic rings. The number of hydrogen-bond acceptors (Lipinski definition) is 4. The summed E-state index contributed by atoms with van der Waals surface area (Å²) in [6.07, 6.45) is 5.16. The molecule has 1 aromatic carbocycles. The first-order valence-corrected chi connectivity index (χ1v) is 9.05. The Balaban J connectivity index is 1.60. The normalized spacial score (nSPS) is 20.2. The largest absolute Gasteiger partial charge is 0.469 e. The number of furan rings is 1. The molecule has 4 heteroatoms. The maximum Gasteiger partial charge on any atom is 0.306 e. The van der Waals surface area contributed by atoms with Crippen molar-refractivity contribution >= 4 is 16.9 Å². The van der Waals surface area contributed by atoms with Crippen LogP contribution in [0.2, 0.25) is 0 Å². The van der Waals surface area contributed by atoms with E-state index in [0.29, 0.717) is 18.3 Å². The minimum atomic E-state index is -0.123. The second-order valence-corrected chi connectivity index (χ2v) is 7.19. The van der Waals surface area contributed by atoms with Crippen molar-refractivity contribution in [1.82, 2.24) is 5.32 Å². The fourth-order valence-electron chi connectivity index (χ4n) is 3.92. The van der Waals surface area contributed by atoms with Crippen LogP contribution in [-0.4, -0.2) is 26.2 Å². The Hall–Kier alpha value is -1.81. The van der Waals surface area contributed by atoms with Crippen LogP contribution in [0, 0.1) is 5.92 Å². The summed E-state index contributed by atoms with van der Waals surface area (Å²) < 4.78 is 11.1. The van der Waals surface area contributed by atoms with Gasteiger partial charge in [0.15, 0.2) is 0 Å². The third-order valence-corrected chi connectivity index (χ3v) is 5.54. The number of carbonyl (C=O) groups is 1. The lowest BCUT2D eigenvalue weighted by molar-refractivity contribution is -0.141. The predicted octanol–water partition coefficient (Wildman–Crippen LogP) is 3.96. The van der Waals surface area contributed by atoms with E-state index in [1.54, 1.807) is 0 Å². The molecular formula is C20H25NO3. The van der Waals surface area contributed by atoms with E-state index < -0.39 is 0 Å². The molecule has 24 heavy (non-hydrogen) atoms. The van der Waals surface area contributed by atoms with Crippen molar-refractivity contribution < 1.29 is 13.9 Å². The SMILES string of the molecule is COC(=O)C[C@H](c1ccc2cc(C3CCNCC3)oc2c1)C1CC1. The highest BCUT2D eigenvalue weighted by molar-refractivity contribution is 5.79. The van der Waals surface area contributed by atoms with Gasteiger partial charge in [-0.25, -0.2) is 0 Å². The third-order valence-electron chi connectivity index (χ3n) is 5.54. The Bertz CT molecular complexity index is 726. The topological polar surface area (TPSA) is 51.5 Å². The van der Waals surface area contributed by atoms with Crippen LogP contribution in [0.4, 0.5) is 0 Å². The van der Waals surface area contributed by atoms with E-state index in [1.165, 1.54) is 30.9 Å². The summed E-state index contributed by atoms with van der Waals surface area (Å²) in [5.41, 5.74) is 2.16. The lowest BCUT2D eigenvalue weighted by Crippen LogP contribution is -2.26. The first-order valence-electron chi connectivity index (χ1n) is 9.05. The van der Waals surface area contributed by atoms with Gasteiger partial charge in [0.2, 0.25) is 0 Å². The summed E-state index contributed by atoms with van der Waals surface area (Å²) in [5.74, 6) is 2.38. The monoisotopic (exact) mass is 327 g/mol. The molecule has 128 valence electrons. The quantitative estimate of drug-likeness (QED) is 0.845. The van der Waals surface area contributed by atoms with Crippen LogP contribution in [0.15, 0.2) is 28.7 Å². The molecule has 1 aliphatic carbocycles. The van der Waals surface area contributed by atoms with Gasteiger partial charge in [-0.3, -0.25) is 4.79 Å². The first-order chi connectivity index (χ1) is 11.7. The number of ether oxygens (including phenoxy) is 1. The van der Waals surface area contributed by atoms with Gasteiger partial charge < -0.3 is 14.5 Å². The molecule has 2 aliphatic rings. The predicted molar refractivity (Wildman–Crippen MR) is 93.2 cm³/mol. The molecule has 1 aromatic heterocycles. The van der Waals surface area contributed by atoms with Crippen molar-refractivity contribution in [2.75, 3.05) is 20.2 Å². The van der Waals surface area contributed by atoms with E-state index in [0.717, 1.165) is 37.3 Å². The lowest BCUT2D eigenvalue weighted by Gasteiger charge is -2.20. The van der Waals surface area contributed by atoms with Gasteiger partial charge >= 0.3 is 5.97 Å². The summed E-state index contributed by atoms with van der Waals surface area (Å²) in [4.78, 5) is 11.8. The Morgan fingerprint density at radius 1 is 1.25 bits per heavy atom. The van der Waals surface area contributed by atoms with E-state index in [1.807, 2.05) is 0 Å². The van der Waals surface area contributed by atoms with Gasteiger partial charge in [-0.1, -0.05) is 12.1 Å². The molecule has 1 saturated heterocycles. The zero-order valence-electron chi connectivity index (χ0n) is 14.2. The fraction of sp³-hybridized carbons (Fsp3) is 0.550. The molecule has 1 N–H and O–H groups in total. The number of carbonyl (C=O) groups excluding carboxylic acids is 1. The summed E-state index contributed by atoms with van der Waals surface area (Å²) >= 11 is 0. The van der Waals surface area contributed by atoms with Crippen LogP contribution in [-0.2, 0) is 9.53 Å². The number of piperidine rings is 1. The number of esters is 1. The zero-order chi connectivity index (χ0) is 16.5. The van der Waals surface area contributed by atoms with Crippen molar-refractivity contribution in [2.24, 2.45) is 5.92 Å². The summed E-state index contributed by atoms with van der Waals surface area (Å²) in [6.45, 7) is 2.13. The Kier molecular flexibility index (Phi) is 4.31. The Morgan fingerprint density at radius 2 is 2.04 bits per heavy atom. The molecule has 4 nitrogen and oxygen atoms in total. The molecule has 0 unspecified atom stereocenters. The van der Waals surface area contributed by atoms with E-state index in [2.05, 4.69) is 29.6 Å². The van der Waals surface area contributed by atoms with Gasteiger partial charge in [0, 0.05) is 11.3 Å². The second kappa shape index (κ2) is 6.60. The minimum Gasteiger partial charge on any atom is -0.469 e. The van der Waals surface area contributed by atoms with Gasteiger partial charge in [-0.2, -0.15) is 0 Å². The number of rotatable bonds is 5. The van der Waals surface area contributed by atoms with Crippen LogP contribution < -0.4 is 5.32 Å². The molecule has 2 fully saturated rings. The molecule has 1 saturated carbocycles. The fourth-order valence-corrected chi connectivity index (χ4v) is 3.92. The molecule has 0 spiro atoms. The average Bonchev–Trinajstić information content (AvgIpc) is 3.37. The molecule has 2 heterocycles. The molecule has 1 aliphatic heterocycles. The summed E-state index contributed by atoms with van der Waals surface area (Å²) in [6, 6.07) is 8.65. The highest BCUT2D eigenvalue weighted by Crippen LogP contribution is 2.45. The number of nitrogens with one attached hydrogen (secondary N) is 1. The van der Waals surface area contributed by atoms with E-state index in [-0.39, 0.29) is 11.9 Å². The minimum absolute atomic E-state index is 0.123. The maximum atomic E-state index is 11.8. The molecule has 0 amide bonds. The van der Waals surface area contributed by atoms with E-state index >= 15 is 0 Å². The summed E-state index contributed by atoms with van der Waals surface area (Å²) in [7, 11) is 1.47. The first kappa shape index (κ1) is 15.7. The van der Waals surface area contributed by atoms with Crippen molar-refractivity contribution in [3.05, 3.63) is 35.6 Å². The average molecular weight is 327 g/mol. The molecule has 4 rings (SSSR count). The zero-order valence-corrected chi connectivity index (χ0v) is 14.2. The number of fused-ring (bicyclic) bond motifs is 1. The highest BCUT2D eigenvalue weighted by atomic mass is 16.5. The van der Waals surface area contributed by atoms with E-state index in [4.69, 9.17) is 9.15 Å². The van der Waals surface area contributed by atoms with Crippen LogP contribution in [0.25, 0.3) is 11.0 Å². The van der Waals surface area contributed by atoms with Gasteiger partial charge in [0.1, 0.15) is 11.3 Å². The van der Waals surface area contributed by atoms with Crippen molar-refractivity contribution in [3.63, 3.8) is 0 Å². The highest BCUT2D eigenvalue weighted by Gasteiger charge is 2.34. The van der Waals surface area contributed by atoms with Gasteiger partial charge in [-0.15, -0.1) is 0 Å². The molecule has 0 bridgehead atoms. The number of methoxy groups -OCH3 is 1. The van der Waals surface area contributed by atoms with Crippen LogP contribution in [0.3, 0.4) is 0 Å².